The number of nitrogens with one attached hydrogen (secondary N) is 1. The molecule has 1 saturated heterocycles. The lowest BCUT2D eigenvalue weighted by molar-refractivity contribution is -0.132. The zero-order chi connectivity index (χ0) is 21.5. The molecular formula is C22H24ClN3O4. The van der Waals surface area contributed by atoms with Crippen molar-refractivity contribution in [2.75, 3.05) is 27.4 Å². The van der Waals surface area contributed by atoms with E-state index in [4.69, 9.17) is 21.1 Å². The van der Waals surface area contributed by atoms with Crippen LogP contribution in [0.4, 0.5) is 4.79 Å². The van der Waals surface area contributed by atoms with Gasteiger partial charge in [-0.25, -0.2) is 9.69 Å². The van der Waals surface area contributed by atoms with Crippen LogP contribution in [0.5, 0.6) is 11.5 Å². The Morgan fingerprint density at radius 2 is 1.70 bits per heavy atom. The quantitative estimate of drug-likeness (QED) is 0.739. The molecular weight excluding hydrogens is 406 g/mol. The Balaban J connectivity index is 1.52. The molecule has 0 bridgehead atoms. The molecule has 2 aliphatic rings. The van der Waals surface area contributed by atoms with Crippen LogP contribution < -0.4 is 14.8 Å². The molecule has 2 aliphatic heterocycles. The maximum absolute atomic E-state index is 13.2. The van der Waals surface area contributed by atoms with Gasteiger partial charge in [0.05, 0.1) is 20.9 Å². The van der Waals surface area contributed by atoms with Gasteiger partial charge in [0.25, 0.3) is 5.91 Å². The summed E-state index contributed by atoms with van der Waals surface area (Å²) in [5.74, 6) is 1.11. The van der Waals surface area contributed by atoms with E-state index in [1.807, 2.05) is 12.1 Å². The molecule has 158 valence electrons. The molecule has 0 spiro atoms. The number of carbonyl (C=O) groups is 2. The van der Waals surface area contributed by atoms with E-state index in [1.54, 1.807) is 45.4 Å². The minimum atomic E-state index is -1.11. The van der Waals surface area contributed by atoms with Crippen molar-refractivity contribution in [2.24, 2.45) is 0 Å². The Morgan fingerprint density at radius 1 is 1.07 bits per heavy atom. The number of rotatable bonds is 5. The Morgan fingerprint density at radius 3 is 2.33 bits per heavy atom. The van der Waals surface area contributed by atoms with Crippen molar-refractivity contribution in [3.05, 3.63) is 58.1 Å². The van der Waals surface area contributed by atoms with Gasteiger partial charge in [-0.3, -0.25) is 9.69 Å². The number of imide groups is 1. The van der Waals surface area contributed by atoms with E-state index in [-0.39, 0.29) is 12.6 Å². The number of hydrogen-bond acceptors (Lipinski definition) is 5. The van der Waals surface area contributed by atoms with Crippen molar-refractivity contribution in [1.82, 2.24) is 15.1 Å². The fourth-order valence-corrected chi connectivity index (χ4v) is 4.19. The Bertz CT molecular complexity index is 995. The van der Waals surface area contributed by atoms with Crippen LogP contribution >= 0.6 is 11.6 Å². The van der Waals surface area contributed by atoms with Crippen molar-refractivity contribution in [2.45, 2.75) is 25.4 Å². The topological polar surface area (TPSA) is 71.1 Å². The molecule has 1 unspecified atom stereocenters. The number of ether oxygens (including phenoxy) is 2. The number of fused-ring (bicyclic) bond motifs is 1. The van der Waals surface area contributed by atoms with Crippen molar-refractivity contribution >= 4 is 23.5 Å². The SMILES string of the molecule is COc1cc2c(cc1OC)CN(CN1C(=O)NC(C)(c3ccc(Cl)cc3)C1=O)CC2. The first-order valence-corrected chi connectivity index (χ1v) is 10.1. The number of methoxy groups -OCH3 is 2. The molecule has 3 amide bonds. The smallest absolute Gasteiger partial charge is 0.326 e. The van der Waals surface area contributed by atoms with Gasteiger partial charge in [-0.15, -0.1) is 0 Å². The number of benzene rings is 2. The van der Waals surface area contributed by atoms with Crippen molar-refractivity contribution in [1.29, 1.82) is 0 Å². The molecule has 7 nitrogen and oxygen atoms in total. The number of hydrogen-bond donors (Lipinski definition) is 1. The van der Waals surface area contributed by atoms with Gasteiger partial charge in [-0.2, -0.15) is 0 Å². The van der Waals surface area contributed by atoms with E-state index in [0.717, 1.165) is 18.5 Å². The fraction of sp³-hybridized carbons (Fsp3) is 0.364. The van der Waals surface area contributed by atoms with E-state index in [9.17, 15) is 9.59 Å². The van der Waals surface area contributed by atoms with E-state index in [2.05, 4.69) is 10.2 Å². The van der Waals surface area contributed by atoms with Crippen LogP contribution in [-0.4, -0.2) is 49.2 Å². The van der Waals surface area contributed by atoms with Gasteiger partial charge in [-0.05, 0) is 54.3 Å². The minimum absolute atomic E-state index is 0.224. The molecule has 0 saturated carbocycles. The molecule has 0 aromatic heterocycles. The second-order valence-electron chi connectivity index (χ2n) is 7.72. The highest BCUT2D eigenvalue weighted by atomic mass is 35.5. The third-order valence-corrected chi connectivity index (χ3v) is 6.09. The molecule has 0 aliphatic carbocycles. The van der Waals surface area contributed by atoms with Gasteiger partial charge < -0.3 is 14.8 Å². The van der Waals surface area contributed by atoms with Gasteiger partial charge in [-0.1, -0.05) is 23.7 Å². The number of carbonyl (C=O) groups excluding carboxylic acids is 2. The predicted molar refractivity (Wildman–Crippen MR) is 113 cm³/mol. The van der Waals surface area contributed by atoms with Crippen LogP contribution in [0.15, 0.2) is 36.4 Å². The van der Waals surface area contributed by atoms with Crippen LogP contribution in [-0.2, 0) is 23.3 Å². The molecule has 2 aromatic rings. The third kappa shape index (κ3) is 3.48. The van der Waals surface area contributed by atoms with Crippen molar-refractivity contribution < 1.29 is 19.1 Å². The van der Waals surface area contributed by atoms with Crippen LogP contribution in [0.2, 0.25) is 5.02 Å². The third-order valence-electron chi connectivity index (χ3n) is 5.84. The lowest BCUT2D eigenvalue weighted by Crippen LogP contribution is -2.45. The van der Waals surface area contributed by atoms with E-state index in [1.165, 1.54) is 10.5 Å². The molecule has 1 N–H and O–H groups in total. The summed E-state index contributed by atoms with van der Waals surface area (Å²) in [6, 6.07) is 10.5. The zero-order valence-electron chi connectivity index (χ0n) is 17.2. The maximum Gasteiger partial charge on any atom is 0.326 e. The first-order valence-electron chi connectivity index (χ1n) is 9.72. The number of halogens is 1. The van der Waals surface area contributed by atoms with Gasteiger partial charge in [0.2, 0.25) is 0 Å². The number of amides is 3. The van der Waals surface area contributed by atoms with Crippen LogP contribution in [0.25, 0.3) is 0 Å². The van der Waals surface area contributed by atoms with Crippen LogP contribution in [0.1, 0.15) is 23.6 Å². The van der Waals surface area contributed by atoms with Crippen LogP contribution in [0.3, 0.4) is 0 Å². The maximum atomic E-state index is 13.2. The lowest BCUT2D eigenvalue weighted by Gasteiger charge is -2.32. The second kappa shape index (κ2) is 7.81. The highest BCUT2D eigenvalue weighted by Gasteiger charge is 2.49. The molecule has 1 atom stereocenters. The summed E-state index contributed by atoms with van der Waals surface area (Å²) >= 11 is 5.96. The highest BCUT2D eigenvalue weighted by Crippen LogP contribution is 2.34. The van der Waals surface area contributed by atoms with Crippen LogP contribution in [0, 0.1) is 0 Å². The zero-order valence-corrected chi connectivity index (χ0v) is 18.0. The summed E-state index contributed by atoms with van der Waals surface area (Å²) in [5.41, 5.74) is 1.89. The van der Waals surface area contributed by atoms with Crippen molar-refractivity contribution in [3.63, 3.8) is 0 Å². The van der Waals surface area contributed by atoms with E-state index >= 15 is 0 Å². The summed E-state index contributed by atoms with van der Waals surface area (Å²) in [6.07, 6.45) is 0.799. The molecule has 30 heavy (non-hydrogen) atoms. The standard InChI is InChI=1S/C22H24ClN3O4/c1-22(16-4-6-17(23)7-5-16)20(27)26(21(28)24-22)13-25-9-8-14-10-18(29-2)19(30-3)11-15(14)12-25/h4-7,10-11H,8-9,12-13H2,1-3H3,(H,24,28). The normalized spacial score (nSPS) is 21.4. The predicted octanol–water partition coefficient (Wildman–Crippen LogP) is 3.14. The summed E-state index contributed by atoms with van der Waals surface area (Å²) in [7, 11) is 3.23. The molecule has 4 rings (SSSR count). The highest BCUT2D eigenvalue weighted by molar-refractivity contribution is 6.30. The molecule has 1 fully saturated rings. The van der Waals surface area contributed by atoms with Gasteiger partial charge in [0, 0.05) is 18.1 Å². The molecule has 2 aromatic carbocycles. The van der Waals surface area contributed by atoms with Crippen molar-refractivity contribution in [3.8, 4) is 11.5 Å². The van der Waals surface area contributed by atoms with E-state index in [0.29, 0.717) is 28.6 Å². The molecule has 8 heteroatoms. The van der Waals surface area contributed by atoms with Gasteiger partial charge in [0.15, 0.2) is 11.5 Å². The van der Waals surface area contributed by atoms with E-state index < -0.39 is 11.6 Å². The number of urea groups is 1. The molecule has 0 radical (unpaired) electrons. The monoisotopic (exact) mass is 429 g/mol. The second-order valence-corrected chi connectivity index (χ2v) is 8.15. The summed E-state index contributed by atoms with van der Waals surface area (Å²) < 4.78 is 10.8. The average Bonchev–Trinajstić information content (AvgIpc) is 2.96. The summed E-state index contributed by atoms with van der Waals surface area (Å²) in [4.78, 5) is 29.2. The van der Waals surface area contributed by atoms with Gasteiger partial charge >= 0.3 is 6.03 Å². The average molecular weight is 430 g/mol. The Labute approximate surface area is 180 Å². The Hall–Kier alpha value is -2.77. The largest absolute Gasteiger partial charge is 0.493 e. The fourth-order valence-electron chi connectivity index (χ4n) is 4.07. The Kier molecular flexibility index (Phi) is 5.34. The first kappa shape index (κ1) is 20.5. The number of nitrogens with zero attached hydrogens (tertiary/aromatic N) is 2. The lowest BCUT2D eigenvalue weighted by atomic mass is 9.92. The molecule has 2 heterocycles. The van der Waals surface area contributed by atoms with Gasteiger partial charge in [0.1, 0.15) is 5.54 Å². The summed E-state index contributed by atoms with van der Waals surface area (Å²) in [5, 5.41) is 3.42. The summed E-state index contributed by atoms with van der Waals surface area (Å²) in [6.45, 7) is 3.29. The minimum Gasteiger partial charge on any atom is -0.493 e. The first-order chi connectivity index (χ1) is 14.4.